The van der Waals surface area contributed by atoms with Crippen LogP contribution in [0.1, 0.15) is 44.6 Å². The molecule has 37 heavy (non-hydrogen) atoms. The summed E-state index contributed by atoms with van der Waals surface area (Å²) in [6.07, 6.45) is 9.82. The number of hydrogen-bond donors (Lipinski definition) is 1. The molecule has 0 fully saturated rings. The van der Waals surface area contributed by atoms with Crippen LogP contribution in [0, 0.1) is 55.4 Å². The molecule has 4 heterocycles. The van der Waals surface area contributed by atoms with Gasteiger partial charge in [-0.15, -0.1) is 11.3 Å². The third kappa shape index (κ3) is 15.9. The van der Waals surface area contributed by atoms with Gasteiger partial charge in [0.05, 0.1) is 12.1 Å². The first kappa shape index (κ1) is 31.4. The van der Waals surface area contributed by atoms with Gasteiger partial charge in [-0.1, -0.05) is 35.4 Å². The van der Waals surface area contributed by atoms with E-state index in [0.717, 1.165) is 22.2 Å². The van der Waals surface area contributed by atoms with Gasteiger partial charge in [-0.25, -0.2) is 24.5 Å². The molecule has 0 spiro atoms. The maximum absolute atomic E-state index is 4.13. The molecule has 5 aromatic rings. The third-order valence-electron chi connectivity index (χ3n) is 4.70. The summed E-state index contributed by atoms with van der Waals surface area (Å²) in [4.78, 5) is 15.2. The topological polar surface area (TPSA) is 63.3 Å². The molecule has 1 N–H and O–H groups in total. The lowest BCUT2D eigenvalue weighted by Crippen LogP contribution is -2.22. The van der Waals surface area contributed by atoms with Gasteiger partial charge in [-0.05, 0) is 66.2 Å². The molecule has 0 bridgehead atoms. The van der Waals surface area contributed by atoms with Crippen LogP contribution >= 0.6 is 11.3 Å². The van der Waals surface area contributed by atoms with Crippen LogP contribution in [0.3, 0.4) is 0 Å². The van der Waals surface area contributed by atoms with E-state index in [-0.39, 0.29) is 0 Å². The van der Waals surface area contributed by atoms with Crippen molar-refractivity contribution < 1.29 is 4.57 Å². The fraction of sp³-hybridized carbons (Fsp3) is 0.333. The third-order valence-corrected chi connectivity index (χ3v) is 5.59. The number of hydrogen-bond acceptors (Lipinski definition) is 4. The number of imidazole rings is 1. The van der Waals surface area contributed by atoms with Crippen molar-refractivity contribution in [3.05, 3.63) is 117 Å². The van der Waals surface area contributed by atoms with Crippen LogP contribution in [-0.2, 0) is 14.1 Å². The number of aromatic nitrogens is 6. The van der Waals surface area contributed by atoms with Gasteiger partial charge < -0.3 is 4.57 Å². The summed E-state index contributed by atoms with van der Waals surface area (Å²) in [7, 11) is 4.01. The zero-order valence-electron chi connectivity index (χ0n) is 24.1. The highest BCUT2D eigenvalue weighted by molar-refractivity contribution is 7.09. The number of aryl methyl sites for hydroxylation is 10. The number of aromatic amines is 1. The van der Waals surface area contributed by atoms with Gasteiger partial charge in [-0.2, -0.15) is 0 Å². The number of thiazole rings is 1. The minimum atomic E-state index is 0.838. The van der Waals surface area contributed by atoms with E-state index in [1.165, 1.54) is 22.4 Å². The molecule has 0 aliphatic rings. The molecule has 0 aliphatic carbocycles. The first-order valence-corrected chi connectivity index (χ1v) is 13.1. The molecule has 4 aromatic heterocycles. The van der Waals surface area contributed by atoms with E-state index in [9.17, 15) is 0 Å². The number of H-pyrrole nitrogens is 1. The second-order valence-corrected chi connectivity index (χ2v) is 10.1. The summed E-state index contributed by atoms with van der Waals surface area (Å²) < 4.78 is 4.02. The molecule has 0 amide bonds. The molecular formula is C30H43N6S+. The second-order valence-electron chi connectivity index (χ2n) is 9.02. The minimum Gasteiger partial charge on any atom is -0.357 e. The van der Waals surface area contributed by atoms with Crippen LogP contribution in [0.2, 0.25) is 0 Å². The zero-order valence-corrected chi connectivity index (χ0v) is 24.9. The van der Waals surface area contributed by atoms with E-state index in [4.69, 9.17) is 0 Å². The summed E-state index contributed by atoms with van der Waals surface area (Å²) in [5.74, 6) is 0.838. The standard InChI is InChI=1S/C8H10.C6H8N2.C6H9N.C5H8N2.C5H7NS/c1-7-4-3-5-8(2)6-7;1-5-3-4-7-6(2)8-5;1-6-3-4-7(2)5-6;1-5-3-7(2)4-6-5;1-4-3-7-5(2)6-4/h3-6H,1-2H3;3-4H,1-2H3;3-5H,1-2H3;3-4H,1-2H3;3H,1-2H3/p+1. The Kier molecular flexibility index (Phi) is 14.4. The first-order chi connectivity index (χ1) is 17.4. The smallest absolute Gasteiger partial charge is 0.241 e. The van der Waals surface area contributed by atoms with E-state index in [1.54, 1.807) is 17.5 Å². The molecule has 7 heteroatoms. The summed E-state index contributed by atoms with van der Waals surface area (Å²) >= 11 is 1.69. The van der Waals surface area contributed by atoms with Crippen molar-refractivity contribution in [2.75, 3.05) is 0 Å². The summed E-state index contributed by atoms with van der Waals surface area (Å²) in [5, 5.41) is 3.20. The van der Waals surface area contributed by atoms with Gasteiger partial charge in [0.15, 0.2) is 0 Å². The molecule has 5 rings (SSSR count). The summed E-state index contributed by atoms with van der Waals surface area (Å²) in [5.41, 5.74) is 7.35. The Morgan fingerprint density at radius 3 is 1.73 bits per heavy atom. The van der Waals surface area contributed by atoms with E-state index in [1.807, 2.05) is 82.6 Å². The van der Waals surface area contributed by atoms with Crippen LogP contribution in [0.15, 0.2) is 72.9 Å². The fourth-order valence-electron chi connectivity index (χ4n) is 3.08. The molecule has 0 radical (unpaired) electrons. The Morgan fingerprint density at radius 2 is 1.51 bits per heavy atom. The number of benzene rings is 1. The Morgan fingerprint density at radius 1 is 0.838 bits per heavy atom. The number of nitrogens with zero attached hydrogens (tertiary/aromatic N) is 5. The Balaban J connectivity index is 0.000000232. The van der Waals surface area contributed by atoms with Gasteiger partial charge in [0.1, 0.15) is 17.7 Å². The fourth-order valence-corrected chi connectivity index (χ4v) is 3.67. The highest BCUT2D eigenvalue weighted by Gasteiger charge is 1.90. The van der Waals surface area contributed by atoms with Crippen molar-refractivity contribution in [1.82, 2.24) is 24.5 Å². The molecule has 0 saturated heterocycles. The molecule has 0 saturated carbocycles. The molecule has 6 nitrogen and oxygen atoms in total. The molecule has 198 valence electrons. The molecule has 1 aromatic carbocycles. The van der Waals surface area contributed by atoms with Gasteiger partial charge in [0, 0.05) is 49.3 Å². The maximum Gasteiger partial charge on any atom is 0.241 e. The van der Waals surface area contributed by atoms with E-state index < -0.39 is 0 Å². The highest BCUT2D eigenvalue weighted by atomic mass is 32.1. The lowest BCUT2D eigenvalue weighted by Gasteiger charge is -1.90. The Hall–Kier alpha value is -3.58. The molecule has 0 atom stereocenters. The van der Waals surface area contributed by atoms with Crippen molar-refractivity contribution in [3.63, 3.8) is 0 Å². The van der Waals surface area contributed by atoms with Gasteiger partial charge in [0.25, 0.3) is 0 Å². The second kappa shape index (κ2) is 17.0. The first-order valence-electron chi connectivity index (χ1n) is 12.2. The van der Waals surface area contributed by atoms with Crippen molar-refractivity contribution in [2.45, 2.75) is 55.4 Å². The maximum atomic E-state index is 4.13. The van der Waals surface area contributed by atoms with E-state index >= 15 is 0 Å². The molecular weight excluding hydrogens is 476 g/mol. The lowest BCUT2D eigenvalue weighted by molar-refractivity contribution is -0.670. The average molecular weight is 520 g/mol. The average Bonchev–Trinajstić information content (AvgIpc) is 3.50. The van der Waals surface area contributed by atoms with Crippen LogP contribution in [0.5, 0.6) is 0 Å². The zero-order chi connectivity index (χ0) is 27.8. The number of nitrogens with one attached hydrogen (secondary N) is 1. The van der Waals surface area contributed by atoms with Crippen LogP contribution < -0.4 is 4.57 Å². The highest BCUT2D eigenvalue weighted by Crippen LogP contribution is 2.05. The van der Waals surface area contributed by atoms with Gasteiger partial charge in [-0.3, -0.25) is 0 Å². The van der Waals surface area contributed by atoms with Crippen molar-refractivity contribution >= 4 is 11.3 Å². The SMILES string of the molecule is Cc1c[n+](C)c[nH]1.Cc1cccc(C)c1.Cc1ccn(C)c1.Cc1ccnc(C)n1.Cc1csc(C)n1. The van der Waals surface area contributed by atoms with Crippen molar-refractivity contribution in [1.29, 1.82) is 0 Å². The normalized spacial score (nSPS) is 9.35. The molecule has 0 aliphatic heterocycles. The quantitative estimate of drug-likeness (QED) is 0.233. The monoisotopic (exact) mass is 519 g/mol. The van der Waals surface area contributed by atoms with Crippen LogP contribution in [0.4, 0.5) is 0 Å². The predicted octanol–water partition coefficient (Wildman–Crippen LogP) is 6.64. The van der Waals surface area contributed by atoms with E-state index in [0.29, 0.717) is 0 Å². The lowest BCUT2D eigenvalue weighted by atomic mass is 10.2. The minimum absolute atomic E-state index is 0.838. The van der Waals surface area contributed by atoms with Crippen LogP contribution in [0.25, 0.3) is 0 Å². The summed E-state index contributed by atoms with van der Waals surface area (Å²) in [6, 6.07) is 12.4. The van der Waals surface area contributed by atoms with Crippen LogP contribution in [-0.4, -0.2) is 24.5 Å². The largest absolute Gasteiger partial charge is 0.357 e. The predicted molar refractivity (Wildman–Crippen MR) is 156 cm³/mol. The Labute approximate surface area is 227 Å². The van der Waals surface area contributed by atoms with Crippen molar-refractivity contribution in [2.24, 2.45) is 14.1 Å². The van der Waals surface area contributed by atoms with E-state index in [2.05, 4.69) is 82.6 Å². The summed E-state index contributed by atoms with van der Waals surface area (Å²) in [6.45, 7) is 16.2. The van der Waals surface area contributed by atoms with Gasteiger partial charge >= 0.3 is 0 Å². The number of rotatable bonds is 0. The Bertz CT molecular complexity index is 1080. The van der Waals surface area contributed by atoms with Crippen molar-refractivity contribution in [3.8, 4) is 0 Å². The molecule has 0 unspecified atom stereocenters. The van der Waals surface area contributed by atoms with Gasteiger partial charge in [0.2, 0.25) is 6.33 Å².